The van der Waals surface area contributed by atoms with E-state index in [4.69, 9.17) is 0 Å². The summed E-state index contributed by atoms with van der Waals surface area (Å²) in [7, 11) is 0. The van der Waals surface area contributed by atoms with Gasteiger partial charge in [-0.2, -0.15) is 0 Å². The molecule has 2 atom stereocenters. The number of aromatic nitrogens is 1. The Morgan fingerprint density at radius 3 is 3.00 bits per heavy atom. The fourth-order valence-electron chi connectivity index (χ4n) is 3.70. The normalized spacial score (nSPS) is 28.0. The number of nitrogens with one attached hydrogen (secondary N) is 1. The van der Waals surface area contributed by atoms with Gasteiger partial charge in [0.1, 0.15) is 0 Å². The van der Waals surface area contributed by atoms with Crippen LogP contribution in [-0.4, -0.2) is 35.6 Å². The van der Waals surface area contributed by atoms with Crippen molar-refractivity contribution in [2.45, 2.75) is 44.7 Å². The molecule has 2 saturated heterocycles. The quantitative estimate of drug-likeness (QED) is 0.900. The van der Waals surface area contributed by atoms with Crippen molar-refractivity contribution in [1.82, 2.24) is 15.2 Å². The SMILES string of the molecule is c1ccc(CNCC2CCCN3CCCCC23)nc1. The van der Waals surface area contributed by atoms with Crippen molar-refractivity contribution >= 4 is 0 Å². The molecule has 0 aliphatic carbocycles. The van der Waals surface area contributed by atoms with E-state index in [0.29, 0.717) is 0 Å². The van der Waals surface area contributed by atoms with Gasteiger partial charge in [0.2, 0.25) is 0 Å². The monoisotopic (exact) mass is 259 g/mol. The highest BCUT2D eigenvalue weighted by Gasteiger charge is 2.32. The van der Waals surface area contributed by atoms with Crippen molar-refractivity contribution in [2.24, 2.45) is 5.92 Å². The van der Waals surface area contributed by atoms with Gasteiger partial charge in [0.25, 0.3) is 0 Å². The van der Waals surface area contributed by atoms with Crippen LogP contribution in [0.5, 0.6) is 0 Å². The highest BCUT2D eigenvalue weighted by atomic mass is 15.2. The average Bonchev–Trinajstić information content (AvgIpc) is 2.49. The van der Waals surface area contributed by atoms with Crippen LogP contribution in [0.2, 0.25) is 0 Å². The minimum atomic E-state index is 0.845. The van der Waals surface area contributed by atoms with Crippen LogP contribution in [0.3, 0.4) is 0 Å². The second-order valence-electron chi connectivity index (χ2n) is 5.95. The Morgan fingerprint density at radius 2 is 2.11 bits per heavy atom. The lowest BCUT2D eigenvalue weighted by Gasteiger charge is -2.44. The topological polar surface area (TPSA) is 28.2 Å². The molecular weight excluding hydrogens is 234 g/mol. The van der Waals surface area contributed by atoms with Gasteiger partial charge in [0.05, 0.1) is 5.69 Å². The third kappa shape index (κ3) is 3.34. The first-order valence-electron chi connectivity index (χ1n) is 7.78. The van der Waals surface area contributed by atoms with Gasteiger partial charge in [-0.25, -0.2) is 0 Å². The van der Waals surface area contributed by atoms with E-state index in [-0.39, 0.29) is 0 Å². The van der Waals surface area contributed by atoms with Gasteiger partial charge in [0.15, 0.2) is 0 Å². The van der Waals surface area contributed by atoms with Crippen molar-refractivity contribution < 1.29 is 0 Å². The van der Waals surface area contributed by atoms with Gasteiger partial charge in [-0.15, -0.1) is 0 Å². The molecule has 2 fully saturated rings. The molecule has 2 aliphatic heterocycles. The summed E-state index contributed by atoms with van der Waals surface area (Å²) in [5.41, 5.74) is 1.15. The van der Waals surface area contributed by atoms with E-state index in [1.807, 2.05) is 12.3 Å². The lowest BCUT2D eigenvalue weighted by atomic mass is 9.83. The Balaban J connectivity index is 1.49. The lowest BCUT2D eigenvalue weighted by molar-refractivity contribution is 0.0593. The molecule has 2 aliphatic rings. The Hall–Kier alpha value is -0.930. The summed E-state index contributed by atoms with van der Waals surface area (Å²) in [6.07, 6.45) is 8.90. The largest absolute Gasteiger partial charge is 0.311 e. The number of piperidine rings is 2. The summed E-state index contributed by atoms with van der Waals surface area (Å²) in [5, 5.41) is 3.62. The van der Waals surface area contributed by atoms with Gasteiger partial charge in [0, 0.05) is 18.8 Å². The standard InChI is InChI=1S/C16H25N3/c1-3-9-18-15(7-1)13-17-12-14-6-5-11-19-10-4-2-8-16(14)19/h1,3,7,9,14,16-17H,2,4-6,8,10-13H2. The number of pyridine rings is 1. The lowest BCUT2D eigenvalue weighted by Crippen LogP contribution is -2.50. The molecular formula is C16H25N3. The second-order valence-corrected chi connectivity index (χ2v) is 5.95. The predicted molar refractivity (Wildman–Crippen MR) is 77.9 cm³/mol. The first-order valence-corrected chi connectivity index (χ1v) is 7.78. The average molecular weight is 259 g/mol. The minimum absolute atomic E-state index is 0.845. The smallest absolute Gasteiger partial charge is 0.0541 e. The summed E-state index contributed by atoms with van der Waals surface area (Å²) in [5.74, 6) is 0.845. The minimum Gasteiger partial charge on any atom is -0.311 e. The highest BCUT2D eigenvalue weighted by Crippen LogP contribution is 2.30. The zero-order valence-corrected chi connectivity index (χ0v) is 11.7. The fraction of sp³-hybridized carbons (Fsp3) is 0.688. The molecule has 0 bridgehead atoms. The summed E-state index contributed by atoms with van der Waals surface area (Å²) >= 11 is 0. The molecule has 3 rings (SSSR count). The molecule has 19 heavy (non-hydrogen) atoms. The maximum atomic E-state index is 4.37. The molecule has 3 heterocycles. The molecule has 1 aromatic heterocycles. The Bertz CT molecular complexity index is 377. The van der Waals surface area contributed by atoms with Gasteiger partial charge in [-0.1, -0.05) is 12.5 Å². The summed E-state index contributed by atoms with van der Waals surface area (Å²) in [6, 6.07) is 6.98. The van der Waals surface area contributed by atoms with Crippen molar-refractivity contribution in [2.75, 3.05) is 19.6 Å². The van der Waals surface area contributed by atoms with Crippen LogP contribution in [0.25, 0.3) is 0 Å². The van der Waals surface area contributed by atoms with Crippen LogP contribution in [-0.2, 0) is 6.54 Å². The maximum absolute atomic E-state index is 4.37. The van der Waals surface area contributed by atoms with E-state index in [2.05, 4.69) is 27.3 Å². The predicted octanol–water partition coefficient (Wildman–Crippen LogP) is 2.44. The van der Waals surface area contributed by atoms with Crippen LogP contribution in [0, 0.1) is 5.92 Å². The van der Waals surface area contributed by atoms with Crippen molar-refractivity contribution in [3.8, 4) is 0 Å². The number of fused-ring (bicyclic) bond motifs is 1. The van der Waals surface area contributed by atoms with Gasteiger partial charge in [-0.05, 0) is 63.4 Å². The van der Waals surface area contributed by atoms with E-state index >= 15 is 0 Å². The summed E-state index contributed by atoms with van der Waals surface area (Å²) < 4.78 is 0. The number of nitrogens with zero attached hydrogens (tertiary/aromatic N) is 2. The number of hydrogen-bond acceptors (Lipinski definition) is 3. The van der Waals surface area contributed by atoms with E-state index in [1.54, 1.807) is 0 Å². The zero-order chi connectivity index (χ0) is 12.9. The summed E-state index contributed by atoms with van der Waals surface area (Å²) in [6.45, 7) is 4.73. The zero-order valence-electron chi connectivity index (χ0n) is 11.7. The van der Waals surface area contributed by atoms with Crippen LogP contribution >= 0.6 is 0 Å². The van der Waals surface area contributed by atoms with Crippen LogP contribution < -0.4 is 5.32 Å². The maximum Gasteiger partial charge on any atom is 0.0541 e. The van der Waals surface area contributed by atoms with Crippen LogP contribution in [0.4, 0.5) is 0 Å². The molecule has 0 aromatic carbocycles. The molecule has 0 amide bonds. The van der Waals surface area contributed by atoms with E-state index < -0.39 is 0 Å². The van der Waals surface area contributed by atoms with E-state index in [1.165, 1.54) is 45.2 Å². The summed E-state index contributed by atoms with van der Waals surface area (Å²) in [4.78, 5) is 7.11. The molecule has 2 unspecified atom stereocenters. The molecule has 104 valence electrons. The molecule has 0 spiro atoms. The molecule has 1 N–H and O–H groups in total. The van der Waals surface area contributed by atoms with Crippen molar-refractivity contribution in [3.05, 3.63) is 30.1 Å². The third-order valence-corrected chi connectivity index (χ3v) is 4.67. The number of rotatable bonds is 4. The van der Waals surface area contributed by atoms with Crippen molar-refractivity contribution in [3.63, 3.8) is 0 Å². The van der Waals surface area contributed by atoms with E-state index in [9.17, 15) is 0 Å². The first kappa shape index (κ1) is 13.1. The van der Waals surface area contributed by atoms with Crippen LogP contribution in [0.15, 0.2) is 24.4 Å². The second kappa shape index (κ2) is 6.49. The molecule has 1 aromatic rings. The molecule has 3 heteroatoms. The van der Waals surface area contributed by atoms with Crippen LogP contribution in [0.1, 0.15) is 37.8 Å². The molecule has 3 nitrogen and oxygen atoms in total. The Labute approximate surface area is 116 Å². The number of hydrogen-bond donors (Lipinski definition) is 1. The van der Waals surface area contributed by atoms with Gasteiger partial charge < -0.3 is 10.2 Å². The van der Waals surface area contributed by atoms with Crippen molar-refractivity contribution in [1.29, 1.82) is 0 Å². The van der Waals surface area contributed by atoms with E-state index in [0.717, 1.165) is 30.7 Å². The Morgan fingerprint density at radius 1 is 1.16 bits per heavy atom. The highest BCUT2D eigenvalue weighted by molar-refractivity contribution is 5.03. The molecule has 0 radical (unpaired) electrons. The fourth-order valence-corrected chi connectivity index (χ4v) is 3.70. The van der Waals surface area contributed by atoms with Gasteiger partial charge in [-0.3, -0.25) is 4.98 Å². The van der Waals surface area contributed by atoms with Gasteiger partial charge >= 0.3 is 0 Å². The molecule has 0 saturated carbocycles. The Kier molecular flexibility index (Phi) is 4.46. The third-order valence-electron chi connectivity index (χ3n) is 4.67. The first-order chi connectivity index (χ1) is 9.43.